The van der Waals surface area contributed by atoms with Gasteiger partial charge < -0.3 is 14.3 Å². The molecule has 0 bridgehead atoms. The van der Waals surface area contributed by atoms with Crippen LogP contribution in [0.5, 0.6) is 0 Å². The smallest absolute Gasteiger partial charge is 0.159 e. The lowest BCUT2D eigenvalue weighted by atomic mass is 9.99. The molecule has 270 valence electrons. The van der Waals surface area contributed by atoms with E-state index in [2.05, 4.69) is 185 Å². The Balaban J connectivity index is 0.944. The summed E-state index contributed by atoms with van der Waals surface area (Å²) in [6, 6.07) is 65.0. The molecule has 0 spiro atoms. The number of nitrogens with one attached hydrogen (secondary N) is 2. The van der Waals surface area contributed by atoms with Gasteiger partial charge in [-0.25, -0.2) is 4.99 Å². The van der Waals surface area contributed by atoms with Crippen molar-refractivity contribution in [2.24, 2.45) is 4.99 Å². The van der Waals surface area contributed by atoms with E-state index in [0.717, 1.165) is 50.2 Å². The normalized spacial score (nSPS) is 15.9. The van der Waals surface area contributed by atoms with E-state index >= 15 is 0 Å². The lowest BCUT2D eigenvalue weighted by Crippen LogP contribution is -2.44. The molecule has 0 amide bonds. The van der Waals surface area contributed by atoms with Crippen molar-refractivity contribution in [2.75, 3.05) is 0 Å². The van der Waals surface area contributed by atoms with Crippen molar-refractivity contribution in [3.63, 3.8) is 0 Å². The second-order valence-corrected chi connectivity index (χ2v) is 15.9. The number of hydrogen-bond donors (Lipinski definition) is 2. The lowest BCUT2D eigenvalue weighted by molar-refractivity contribution is 0.409. The maximum absolute atomic E-state index is 6.71. The van der Waals surface area contributed by atoms with Gasteiger partial charge >= 0.3 is 0 Å². The standard InChI is InChI=1S/C51H34N4OS/c1-3-12-31(13-4-1)49-52-50(32-14-5-2-6-15-32)54-51(53-49)35-24-27-47-41(30-35)40-29-34(23-26-46(40)57-47)33-22-25-45-39(28-33)38-18-11-21-44(48(38)56-45)55-42-19-9-7-16-36(42)37-17-8-10-20-43(37)55/h1-30,49,51,53H,(H,52,54). The fourth-order valence-corrected chi connectivity index (χ4v) is 9.82. The Kier molecular flexibility index (Phi) is 7.24. The van der Waals surface area contributed by atoms with Gasteiger partial charge in [0, 0.05) is 47.3 Å². The Bertz CT molecular complexity index is 3320. The van der Waals surface area contributed by atoms with Gasteiger partial charge in [-0.05, 0) is 76.9 Å². The molecule has 0 fully saturated rings. The molecular formula is C51H34N4OS. The van der Waals surface area contributed by atoms with Gasteiger partial charge in [-0.1, -0.05) is 127 Å². The molecule has 2 unspecified atom stereocenters. The van der Waals surface area contributed by atoms with Crippen molar-refractivity contribution >= 4 is 81.1 Å². The molecule has 1 aliphatic rings. The topological polar surface area (TPSA) is 54.5 Å². The molecule has 6 heteroatoms. The average molecular weight is 751 g/mol. The molecular weight excluding hydrogens is 717 g/mol. The number of aliphatic imine (C=N–C) groups is 1. The molecule has 4 heterocycles. The number of furan rings is 1. The minimum absolute atomic E-state index is 0.130. The molecule has 8 aromatic carbocycles. The number of amidine groups is 1. The number of thiophene rings is 1. The van der Waals surface area contributed by atoms with Crippen molar-refractivity contribution in [1.82, 2.24) is 15.2 Å². The average Bonchev–Trinajstić information content (AvgIpc) is 3.96. The third-order valence-corrected chi connectivity index (χ3v) is 12.6. The quantitative estimate of drug-likeness (QED) is 0.184. The largest absolute Gasteiger partial charge is 0.454 e. The first-order valence-electron chi connectivity index (χ1n) is 19.3. The monoisotopic (exact) mass is 750 g/mol. The van der Waals surface area contributed by atoms with E-state index in [-0.39, 0.29) is 12.3 Å². The summed E-state index contributed by atoms with van der Waals surface area (Å²) < 4.78 is 11.6. The van der Waals surface area contributed by atoms with E-state index in [1.165, 1.54) is 53.1 Å². The van der Waals surface area contributed by atoms with Gasteiger partial charge in [-0.3, -0.25) is 5.32 Å². The van der Waals surface area contributed by atoms with Crippen LogP contribution in [0.3, 0.4) is 0 Å². The minimum atomic E-state index is -0.179. The molecule has 11 aromatic rings. The molecule has 1 aliphatic heterocycles. The SMILES string of the molecule is c1ccc(C2=NC(c3ccccc3)NC(c3ccc4sc5ccc(-c6ccc7oc8c(-n9c%10ccccc%10c%10ccccc%109)cccc8c7c6)cc5c4c3)N2)cc1. The molecule has 5 nitrogen and oxygen atoms in total. The maximum Gasteiger partial charge on any atom is 0.159 e. The van der Waals surface area contributed by atoms with Crippen LogP contribution in [-0.2, 0) is 0 Å². The van der Waals surface area contributed by atoms with Crippen LogP contribution in [0.2, 0.25) is 0 Å². The van der Waals surface area contributed by atoms with E-state index in [0.29, 0.717) is 0 Å². The first-order valence-corrected chi connectivity index (χ1v) is 20.2. The molecule has 0 radical (unpaired) electrons. The predicted molar refractivity (Wildman–Crippen MR) is 238 cm³/mol. The van der Waals surface area contributed by atoms with Gasteiger partial charge in [-0.2, -0.15) is 0 Å². The fraction of sp³-hybridized carbons (Fsp3) is 0.0392. The lowest BCUT2D eigenvalue weighted by Gasteiger charge is -2.32. The highest BCUT2D eigenvalue weighted by Crippen LogP contribution is 2.41. The number of rotatable bonds is 5. The molecule has 0 saturated carbocycles. The minimum Gasteiger partial charge on any atom is -0.454 e. The molecule has 57 heavy (non-hydrogen) atoms. The van der Waals surface area contributed by atoms with Gasteiger partial charge in [0.1, 0.15) is 23.8 Å². The molecule has 3 aromatic heterocycles. The Morgan fingerprint density at radius 1 is 0.491 bits per heavy atom. The molecule has 2 N–H and O–H groups in total. The number of fused-ring (bicyclic) bond motifs is 9. The number of nitrogens with zero attached hydrogens (tertiary/aromatic N) is 2. The molecule has 2 atom stereocenters. The fourth-order valence-electron chi connectivity index (χ4n) is 8.75. The Morgan fingerprint density at radius 3 is 1.89 bits per heavy atom. The van der Waals surface area contributed by atoms with Crippen LogP contribution in [-0.4, -0.2) is 10.4 Å². The Labute approximate surface area is 332 Å². The highest BCUT2D eigenvalue weighted by atomic mass is 32.1. The van der Waals surface area contributed by atoms with Crippen LogP contribution in [0.25, 0.3) is 80.7 Å². The van der Waals surface area contributed by atoms with Crippen molar-refractivity contribution < 1.29 is 4.42 Å². The summed E-state index contributed by atoms with van der Waals surface area (Å²) in [5.41, 5.74) is 10.9. The third kappa shape index (κ3) is 5.22. The van der Waals surface area contributed by atoms with Gasteiger partial charge in [0.25, 0.3) is 0 Å². The number of hydrogen-bond acceptors (Lipinski definition) is 5. The first-order chi connectivity index (χ1) is 28.2. The zero-order valence-corrected chi connectivity index (χ0v) is 31.5. The zero-order valence-electron chi connectivity index (χ0n) is 30.7. The van der Waals surface area contributed by atoms with Crippen LogP contribution < -0.4 is 10.6 Å². The molecule has 0 saturated heterocycles. The summed E-state index contributed by atoms with van der Waals surface area (Å²) in [7, 11) is 0. The van der Waals surface area contributed by atoms with Gasteiger partial charge in [0.05, 0.1) is 16.7 Å². The molecule has 12 rings (SSSR count). The summed E-state index contributed by atoms with van der Waals surface area (Å²) in [5, 5.41) is 14.7. The summed E-state index contributed by atoms with van der Waals surface area (Å²) in [4.78, 5) is 5.11. The van der Waals surface area contributed by atoms with Crippen LogP contribution in [0.4, 0.5) is 0 Å². The van der Waals surface area contributed by atoms with Crippen LogP contribution in [0.1, 0.15) is 29.0 Å². The van der Waals surface area contributed by atoms with Crippen molar-refractivity contribution in [2.45, 2.75) is 12.3 Å². The molecule has 0 aliphatic carbocycles. The second kappa shape index (κ2) is 12.8. The summed E-state index contributed by atoms with van der Waals surface area (Å²) >= 11 is 1.84. The van der Waals surface area contributed by atoms with Gasteiger partial charge in [-0.15, -0.1) is 11.3 Å². The van der Waals surface area contributed by atoms with Crippen LogP contribution >= 0.6 is 11.3 Å². The maximum atomic E-state index is 6.71. The third-order valence-electron chi connectivity index (χ3n) is 11.5. The summed E-state index contributed by atoms with van der Waals surface area (Å²) in [5.74, 6) is 0.884. The first kappa shape index (κ1) is 32.3. The van der Waals surface area contributed by atoms with Crippen LogP contribution in [0, 0.1) is 0 Å². The van der Waals surface area contributed by atoms with Gasteiger partial charge in [0.15, 0.2) is 5.58 Å². The van der Waals surface area contributed by atoms with E-state index < -0.39 is 0 Å². The Hall–Kier alpha value is -6.99. The number of aromatic nitrogens is 1. The number of para-hydroxylation sites is 3. The highest BCUT2D eigenvalue weighted by molar-refractivity contribution is 7.25. The second-order valence-electron chi connectivity index (χ2n) is 14.8. The van der Waals surface area contributed by atoms with Crippen molar-refractivity contribution in [3.8, 4) is 16.8 Å². The van der Waals surface area contributed by atoms with E-state index in [1.54, 1.807) is 0 Å². The van der Waals surface area contributed by atoms with Crippen molar-refractivity contribution in [1.29, 1.82) is 0 Å². The van der Waals surface area contributed by atoms with E-state index in [9.17, 15) is 0 Å². The highest BCUT2D eigenvalue weighted by Gasteiger charge is 2.26. The van der Waals surface area contributed by atoms with Crippen molar-refractivity contribution in [3.05, 3.63) is 199 Å². The zero-order chi connectivity index (χ0) is 37.5. The van der Waals surface area contributed by atoms with Gasteiger partial charge in [0.2, 0.25) is 0 Å². The number of benzene rings is 8. The van der Waals surface area contributed by atoms with E-state index in [4.69, 9.17) is 9.41 Å². The Morgan fingerprint density at radius 2 is 1.12 bits per heavy atom. The summed E-state index contributed by atoms with van der Waals surface area (Å²) in [6.45, 7) is 0. The van der Waals surface area contributed by atoms with Crippen LogP contribution in [0.15, 0.2) is 191 Å². The summed E-state index contributed by atoms with van der Waals surface area (Å²) in [6.07, 6.45) is -0.309. The predicted octanol–water partition coefficient (Wildman–Crippen LogP) is 13.1. The van der Waals surface area contributed by atoms with E-state index in [1.807, 2.05) is 23.5 Å².